The first-order valence-electron chi connectivity index (χ1n) is 10.6. The third-order valence-corrected chi connectivity index (χ3v) is 5.91. The fraction of sp³-hybridized carbons (Fsp3) is 0.619. The van der Waals surface area contributed by atoms with Crippen LogP contribution in [-0.2, 0) is 16.0 Å². The molecule has 2 saturated heterocycles. The first-order chi connectivity index (χ1) is 14.2. The molecule has 1 aromatic rings. The Kier molecular flexibility index (Phi) is 8.67. The number of hydrogen-bond donors (Lipinski definition) is 2. The number of anilines is 1. The Labute approximate surface area is 179 Å². The van der Waals surface area contributed by atoms with Gasteiger partial charge in [-0.15, -0.1) is 0 Å². The van der Waals surface area contributed by atoms with Gasteiger partial charge in [0, 0.05) is 58.0 Å². The van der Waals surface area contributed by atoms with E-state index in [0.29, 0.717) is 6.54 Å². The number of nitrogens with one attached hydrogen (secondary N) is 2. The van der Waals surface area contributed by atoms with Crippen LogP contribution >= 0.6 is 12.2 Å². The van der Waals surface area contributed by atoms with Crippen LogP contribution in [0.25, 0.3) is 0 Å². The molecule has 0 bridgehead atoms. The Morgan fingerprint density at radius 1 is 1.07 bits per heavy atom. The molecule has 2 fully saturated rings. The predicted octanol–water partition coefficient (Wildman–Crippen LogP) is 1.01. The first-order valence-corrected chi connectivity index (χ1v) is 11.0. The van der Waals surface area contributed by atoms with Crippen LogP contribution in [0.3, 0.4) is 0 Å². The molecule has 0 saturated carbocycles. The standard InChI is InChI=1S/C21H33N5O2S/c1-2-18-5-3-4-6-19(18)23-20(27)17-25-9-11-26(12-10-25)21(29)22-7-8-24-13-15-28-16-14-24/h3-6H,2,7-17H2,1H3,(H,22,29)(H,23,27). The van der Waals surface area contributed by atoms with E-state index in [-0.39, 0.29) is 5.91 Å². The Bertz CT molecular complexity index is 673. The molecular formula is C21H33N5O2S. The zero-order chi connectivity index (χ0) is 20.5. The summed E-state index contributed by atoms with van der Waals surface area (Å²) in [6.07, 6.45) is 0.908. The molecule has 0 unspecified atom stereocenters. The molecule has 3 rings (SSSR count). The summed E-state index contributed by atoms with van der Waals surface area (Å²) in [5.41, 5.74) is 2.09. The van der Waals surface area contributed by atoms with Gasteiger partial charge in [0.15, 0.2) is 5.11 Å². The summed E-state index contributed by atoms with van der Waals surface area (Å²) in [6, 6.07) is 7.99. The molecule has 7 nitrogen and oxygen atoms in total. The number of nitrogens with zero attached hydrogens (tertiary/aromatic N) is 3. The Balaban J connectivity index is 1.34. The maximum absolute atomic E-state index is 12.4. The molecule has 0 spiro atoms. The van der Waals surface area contributed by atoms with Crippen molar-refractivity contribution < 1.29 is 9.53 Å². The van der Waals surface area contributed by atoms with Crippen LogP contribution in [0.2, 0.25) is 0 Å². The number of carbonyl (C=O) groups is 1. The number of thiocarbonyl (C=S) groups is 1. The number of morpholine rings is 1. The molecule has 2 heterocycles. The van der Waals surface area contributed by atoms with E-state index < -0.39 is 0 Å². The van der Waals surface area contributed by atoms with Gasteiger partial charge in [0.2, 0.25) is 5.91 Å². The summed E-state index contributed by atoms with van der Waals surface area (Å²) in [5.74, 6) is 0.0468. The Hall–Kier alpha value is -1.74. The molecule has 0 radical (unpaired) electrons. The van der Waals surface area contributed by atoms with Crippen LogP contribution in [0.5, 0.6) is 0 Å². The largest absolute Gasteiger partial charge is 0.379 e. The van der Waals surface area contributed by atoms with Gasteiger partial charge < -0.3 is 20.3 Å². The van der Waals surface area contributed by atoms with Crippen molar-refractivity contribution in [2.45, 2.75) is 13.3 Å². The molecule has 0 aromatic heterocycles. The lowest BCUT2D eigenvalue weighted by Gasteiger charge is -2.36. The summed E-state index contributed by atoms with van der Waals surface area (Å²) in [7, 11) is 0. The molecule has 2 aliphatic rings. The second-order valence-electron chi connectivity index (χ2n) is 7.51. The van der Waals surface area contributed by atoms with E-state index in [9.17, 15) is 4.79 Å². The number of hydrogen-bond acceptors (Lipinski definition) is 5. The molecular weight excluding hydrogens is 386 g/mol. The highest BCUT2D eigenvalue weighted by atomic mass is 32.1. The minimum atomic E-state index is 0.0468. The third kappa shape index (κ3) is 6.92. The van der Waals surface area contributed by atoms with Gasteiger partial charge in [-0.2, -0.15) is 0 Å². The number of amides is 1. The van der Waals surface area contributed by atoms with Crippen molar-refractivity contribution in [1.29, 1.82) is 0 Å². The predicted molar refractivity (Wildman–Crippen MR) is 120 cm³/mol. The fourth-order valence-electron chi connectivity index (χ4n) is 3.71. The number of piperazine rings is 1. The minimum absolute atomic E-state index is 0.0468. The average Bonchev–Trinajstić information content (AvgIpc) is 2.75. The number of rotatable bonds is 7. The molecule has 2 aliphatic heterocycles. The van der Waals surface area contributed by atoms with Gasteiger partial charge in [-0.05, 0) is 30.3 Å². The lowest BCUT2D eigenvalue weighted by Crippen LogP contribution is -2.53. The van der Waals surface area contributed by atoms with Gasteiger partial charge in [0.1, 0.15) is 0 Å². The molecule has 0 atom stereocenters. The van der Waals surface area contributed by atoms with Crippen LogP contribution in [0.1, 0.15) is 12.5 Å². The van der Waals surface area contributed by atoms with Gasteiger partial charge in [-0.25, -0.2) is 0 Å². The smallest absolute Gasteiger partial charge is 0.238 e. The highest BCUT2D eigenvalue weighted by Crippen LogP contribution is 2.15. The maximum atomic E-state index is 12.4. The summed E-state index contributed by atoms with van der Waals surface area (Å²) in [4.78, 5) is 19.2. The molecule has 1 aromatic carbocycles. The second-order valence-corrected chi connectivity index (χ2v) is 7.89. The summed E-state index contributed by atoms with van der Waals surface area (Å²) in [5, 5.41) is 7.25. The minimum Gasteiger partial charge on any atom is -0.379 e. The van der Waals surface area contributed by atoms with Gasteiger partial charge in [-0.3, -0.25) is 14.6 Å². The van der Waals surface area contributed by atoms with Gasteiger partial charge in [0.05, 0.1) is 19.8 Å². The van der Waals surface area contributed by atoms with Crippen LogP contribution in [0.4, 0.5) is 5.69 Å². The van der Waals surface area contributed by atoms with Crippen molar-refractivity contribution >= 4 is 28.9 Å². The van der Waals surface area contributed by atoms with E-state index in [0.717, 1.165) is 82.8 Å². The number of aryl methyl sites for hydroxylation is 1. The first kappa shape index (κ1) is 22.0. The zero-order valence-corrected chi connectivity index (χ0v) is 18.2. The van der Waals surface area contributed by atoms with E-state index in [1.54, 1.807) is 0 Å². The summed E-state index contributed by atoms with van der Waals surface area (Å²) >= 11 is 5.56. The van der Waals surface area contributed by atoms with Gasteiger partial charge in [-0.1, -0.05) is 25.1 Å². The second kappa shape index (κ2) is 11.4. The van der Waals surface area contributed by atoms with Crippen molar-refractivity contribution in [3.63, 3.8) is 0 Å². The van der Waals surface area contributed by atoms with Crippen molar-refractivity contribution in [3.05, 3.63) is 29.8 Å². The number of benzene rings is 1. The highest BCUT2D eigenvalue weighted by molar-refractivity contribution is 7.80. The van der Waals surface area contributed by atoms with Gasteiger partial charge >= 0.3 is 0 Å². The third-order valence-electron chi connectivity index (χ3n) is 5.51. The molecule has 29 heavy (non-hydrogen) atoms. The maximum Gasteiger partial charge on any atom is 0.238 e. The summed E-state index contributed by atoms with van der Waals surface area (Å²) < 4.78 is 5.38. The molecule has 0 aliphatic carbocycles. The van der Waals surface area contributed by atoms with Crippen LogP contribution in [0.15, 0.2) is 24.3 Å². The SMILES string of the molecule is CCc1ccccc1NC(=O)CN1CCN(C(=S)NCCN2CCOCC2)CC1. The van der Waals surface area contributed by atoms with E-state index in [1.807, 2.05) is 18.2 Å². The molecule has 160 valence electrons. The van der Waals surface area contributed by atoms with Gasteiger partial charge in [0.25, 0.3) is 0 Å². The molecule has 8 heteroatoms. The Morgan fingerprint density at radius 3 is 2.52 bits per heavy atom. The van der Waals surface area contributed by atoms with Crippen molar-refractivity contribution in [2.75, 3.05) is 77.4 Å². The van der Waals surface area contributed by atoms with Crippen molar-refractivity contribution in [3.8, 4) is 0 Å². The topological polar surface area (TPSA) is 60.1 Å². The zero-order valence-electron chi connectivity index (χ0n) is 17.4. The quantitative estimate of drug-likeness (QED) is 0.640. The number of ether oxygens (including phenoxy) is 1. The monoisotopic (exact) mass is 419 g/mol. The normalized spacial score (nSPS) is 18.4. The Morgan fingerprint density at radius 2 is 1.79 bits per heavy atom. The number of carbonyl (C=O) groups excluding carboxylic acids is 1. The molecule has 2 N–H and O–H groups in total. The van der Waals surface area contributed by atoms with E-state index >= 15 is 0 Å². The van der Waals surface area contributed by atoms with Crippen molar-refractivity contribution in [2.24, 2.45) is 0 Å². The average molecular weight is 420 g/mol. The summed E-state index contributed by atoms with van der Waals surface area (Å²) in [6.45, 7) is 11.4. The molecule has 1 amide bonds. The number of para-hydroxylation sites is 1. The van der Waals surface area contributed by atoms with E-state index in [4.69, 9.17) is 17.0 Å². The van der Waals surface area contributed by atoms with Crippen LogP contribution in [-0.4, -0.2) is 97.8 Å². The fourth-order valence-corrected chi connectivity index (χ4v) is 3.99. The van der Waals surface area contributed by atoms with E-state index in [1.165, 1.54) is 5.56 Å². The van der Waals surface area contributed by atoms with Crippen LogP contribution in [0, 0.1) is 0 Å². The van der Waals surface area contributed by atoms with E-state index in [2.05, 4.69) is 38.3 Å². The highest BCUT2D eigenvalue weighted by Gasteiger charge is 2.21. The lowest BCUT2D eigenvalue weighted by molar-refractivity contribution is -0.117. The lowest BCUT2D eigenvalue weighted by atomic mass is 10.1. The van der Waals surface area contributed by atoms with Crippen molar-refractivity contribution in [1.82, 2.24) is 20.0 Å². The van der Waals surface area contributed by atoms with Crippen LogP contribution < -0.4 is 10.6 Å².